The molecule has 1 atom stereocenters. The first-order valence-corrected chi connectivity index (χ1v) is 12.1. The molecule has 33 heavy (non-hydrogen) atoms. The molecule has 0 amide bonds. The van der Waals surface area contributed by atoms with E-state index >= 15 is 0 Å². The molecule has 1 aliphatic heterocycles. The normalized spacial score (nSPS) is 16.7. The molecule has 3 heterocycles. The maximum absolute atomic E-state index is 13.4. The monoisotopic (exact) mass is 490 g/mol. The van der Waals surface area contributed by atoms with Gasteiger partial charge in [0.2, 0.25) is 6.23 Å². The van der Waals surface area contributed by atoms with Crippen molar-refractivity contribution in [3.05, 3.63) is 89.1 Å². The summed E-state index contributed by atoms with van der Waals surface area (Å²) in [6.07, 6.45) is 0.920. The number of nitrogens with zero attached hydrogens (tertiary/aromatic N) is 2. The quantitative estimate of drug-likeness (QED) is 0.277. The minimum absolute atomic E-state index is 0.175. The van der Waals surface area contributed by atoms with E-state index in [1.54, 1.807) is 24.4 Å². The lowest BCUT2D eigenvalue weighted by Gasteiger charge is -2.28. The molecule has 1 unspecified atom stereocenters. The fourth-order valence-corrected chi connectivity index (χ4v) is 5.51. The first kappa shape index (κ1) is 20.2. The summed E-state index contributed by atoms with van der Waals surface area (Å²) in [4.78, 5) is 22.6. The van der Waals surface area contributed by atoms with Gasteiger partial charge in [0, 0.05) is 11.2 Å². The number of hydrogen-bond donors (Lipinski definition) is 2. The Labute approximate surface area is 201 Å². The Balaban J connectivity index is 1.37. The minimum atomic E-state index is -0.728. The first-order chi connectivity index (χ1) is 16.1. The molecule has 3 aromatic carbocycles. The molecule has 0 aliphatic carbocycles. The third kappa shape index (κ3) is 3.82. The van der Waals surface area contributed by atoms with Crippen LogP contribution in [-0.2, 0) is 0 Å². The van der Waals surface area contributed by atoms with E-state index in [2.05, 4.69) is 20.6 Å². The summed E-state index contributed by atoms with van der Waals surface area (Å²) in [5.74, 6) is 0.297. The molecule has 6 rings (SSSR count). The largest absolute Gasteiger partial charge is 0.465 e. The maximum atomic E-state index is 13.4. The molecule has 0 saturated heterocycles. The van der Waals surface area contributed by atoms with Gasteiger partial charge in [-0.05, 0) is 42.5 Å². The minimum Gasteiger partial charge on any atom is -0.465 e. The Morgan fingerprint density at radius 3 is 2.30 bits per heavy atom. The maximum Gasteiger partial charge on any atom is 0.203 e. The van der Waals surface area contributed by atoms with E-state index < -0.39 is 6.23 Å². The van der Waals surface area contributed by atoms with E-state index in [1.807, 2.05) is 48.5 Å². The zero-order valence-electron chi connectivity index (χ0n) is 16.9. The number of carbonyl (C=O) groups excluding carboxylic acids is 1. The van der Waals surface area contributed by atoms with Crippen LogP contribution in [0.3, 0.4) is 0 Å². The molecular formula is C24H15ClN4O2S2. The number of para-hydroxylation sites is 2. The van der Waals surface area contributed by atoms with Crippen LogP contribution in [0.1, 0.15) is 10.4 Å². The van der Waals surface area contributed by atoms with Crippen molar-refractivity contribution in [3.63, 3.8) is 0 Å². The molecule has 0 spiro atoms. The molecule has 2 aromatic heterocycles. The lowest BCUT2D eigenvalue weighted by Crippen LogP contribution is -2.37. The van der Waals surface area contributed by atoms with Gasteiger partial charge in [0.1, 0.15) is 5.75 Å². The van der Waals surface area contributed by atoms with Gasteiger partial charge in [0.25, 0.3) is 0 Å². The lowest BCUT2D eigenvalue weighted by atomic mass is 9.99. The Bertz CT molecular complexity index is 1490. The van der Waals surface area contributed by atoms with Crippen LogP contribution in [0.2, 0.25) is 5.02 Å². The summed E-state index contributed by atoms with van der Waals surface area (Å²) in [5.41, 5.74) is 2.61. The third-order valence-electron chi connectivity index (χ3n) is 5.17. The van der Waals surface area contributed by atoms with E-state index in [1.165, 1.54) is 22.7 Å². The van der Waals surface area contributed by atoms with Crippen LogP contribution in [0.4, 0.5) is 10.3 Å². The summed E-state index contributed by atoms with van der Waals surface area (Å²) in [6.45, 7) is 0. The number of fused-ring (bicyclic) bond motifs is 3. The highest BCUT2D eigenvalue weighted by atomic mass is 35.5. The van der Waals surface area contributed by atoms with E-state index in [-0.39, 0.29) is 5.78 Å². The second-order valence-electron chi connectivity index (χ2n) is 7.33. The Morgan fingerprint density at radius 1 is 0.909 bits per heavy atom. The predicted molar refractivity (Wildman–Crippen MR) is 135 cm³/mol. The molecule has 0 radical (unpaired) electrons. The number of Topliss-reactive ketones (excluding diaryl/α,β-unsaturated/α-hetero) is 1. The predicted octanol–water partition coefficient (Wildman–Crippen LogP) is 6.57. The van der Waals surface area contributed by atoms with Crippen LogP contribution in [0.25, 0.3) is 20.4 Å². The number of benzene rings is 3. The summed E-state index contributed by atoms with van der Waals surface area (Å²) in [7, 11) is 0. The number of aromatic nitrogens is 2. The molecule has 0 fully saturated rings. The van der Waals surface area contributed by atoms with Crippen molar-refractivity contribution in [2.45, 2.75) is 6.23 Å². The van der Waals surface area contributed by atoms with Gasteiger partial charge in [0.15, 0.2) is 16.0 Å². The topological polar surface area (TPSA) is 76.1 Å². The van der Waals surface area contributed by atoms with Crippen molar-refractivity contribution in [2.24, 2.45) is 0 Å². The zero-order valence-corrected chi connectivity index (χ0v) is 19.3. The standard InChI is InChI=1S/C24H15ClN4O2S2/c25-13-9-10-18-14(11-13)21(30)15(12-26-23-27-16-5-1-3-7-19(16)32-23)22(31-18)29-24-28-17-6-2-4-8-20(17)33-24/h1-12,22H,(H,26,27)(H,28,29). The van der Waals surface area contributed by atoms with Crippen LogP contribution >= 0.6 is 34.3 Å². The summed E-state index contributed by atoms with van der Waals surface area (Å²) >= 11 is 9.16. The van der Waals surface area contributed by atoms with Crippen molar-refractivity contribution < 1.29 is 9.53 Å². The van der Waals surface area contributed by atoms with Crippen molar-refractivity contribution in [2.75, 3.05) is 10.6 Å². The van der Waals surface area contributed by atoms with Gasteiger partial charge in [-0.1, -0.05) is 58.5 Å². The average molecular weight is 491 g/mol. The molecule has 6 nitrogen and oxygen atoms in total. The summed E-state index contributed by atoms with van der Waals surface area (Å²) < 4.78 is 8.28. The van der Waals surface area contributed by atoms with Gasteiger partial charge in [-0.15, -0.1) is 0 Å². The van der Waals surface area contributed by atoms with E-state index in [0.717, 1.165) is 20.4 Å². The van der Waals surface area contributed by atoms with E-state index in [4.69, 9.17) is 16.3 Å². The number of anilines is 2. The van der Waals surface area contributed by atoms with Crippen LogP contribution in [-0.4, -0.2) is 22.0 Å². The van der Waals surface area contributed by atoms with Crippen molar-refractivity contribution in [1.82, 2.24) is 9.97 Å². The smallest absolute Gasteiger partial charge is 0.203 e. The number of rotatable bonds is 4. The van der Waals surface area contributed by atoms with Gasteiger partial charge >= 0.3 is 0 Å². The molecule has 9 heteroatoms. The highest BCUT2D eigenvalue weighted by Crippen LogP contribution is 2.35. The van der Waals surface area contributed by atoms with Gasteiger partial charge < -0.3 is 15.4 Å². The Hall–Kier alpha value is -3.46. The molecule has 5 aromatic rings. The van der Waals surface area contributed by atoms with Gasteiger partial charge in [-0.25, -0.2) is 9.97 Å². The van der Waals surface area contributed by atoms with Crippen LogP contribution in [0.15, 0.2) is 78.5 Å². The number of ketones is 1. The SMILES string of the molecule is O=C1C(=CNc2nc3ccccc3s2)C(Nc2nc3ccccc3s2)Oc2ccc(Cl)cc21. The molecule has 0 bridgehead atoms. The van der Waals surface area contributed by atoms with Gasteiger partial charge in [-0.3, -0.25) is 4.79 Å². The molecule has 1 aliphatic rings. The first-order valence-electron chi connectivity index (χ1n) is 10.1. The number of halogens is 1. The second kappa shape index (κ2) is 8.15. The van der Waals surface area contributed by atoms with E-state index in [9.17, 15) is 4.79 Å². The highest BCUT2D eigenvalue weighted by Gasteiger charge is 2.33. The highest BCUT2D eigenvalue weighted by molar-refractivity contribution is 7.22. The second-order valence-corrected chi connectivity index (χ2v) is 9.83. The fraction of sp³-hybridized carbons (Fsp3) is 0.0417. The Morgan fingerprint density at radius 2 is 1.58 bits per heavy atom. The number of hydrogen-bond acceptors (Lipinski definition) is 8. The third-order valence-corrected chi connectivity index (χ3v) is 7.34. The molecule has 162 valence electrons. The Kier molecular flexibility index (Phi) is 4.98. The van der Waals surface area contributed by atoms with Crippen molar-refractivity contribution in [1.29, 1.82) is 0 Å². The average Bonchev–Trinajstić information content (AvgIpc) is 3.42. The number of ether oxygens (including phenoxy) is 1. The van der Waals surface area contributed by atoms with Crippen LogP contribution in [0.5, 0.6) is 5.75 Å². The van der Waals surface area contributed by atoms with E-state index in [0.29, 0.717) is 32.2 Å². The molecule has 0 saturated carbocycles. The number of nitrogens with one attached hydrogen (secondary N) is 2. The molecular weight excluding hydrogens is 476 g/mol. The van der Waals surface area contributed by atoms with Gasteiger partial charge in [-0.2, -0.15) is 0 Å². The van der Waals surface area contributed by atoms with Crippen LogP contribution < -0.4 is 15.4 Å². The number of thiazole rings is 2. The van der Waals surface area contributed by atoms with Crippen LogP contribution in [0, 0.1) is 0 Å². The number of carbonyl (C=O) groups is 1. The zero-order chi connectivity index (χ0) is 22.4. The van der Waals surface area contributed by atoms with Crippen molar-refractivity contribution in [3.8, 4) is 5.75 Å². The summed E-state index contributed by atoms with van der Waals surface area (Å²) in [6, 6.07) is 20.8. The van der Waals surface area contributed by atoms with Crippen molar-refractivity contribution >= 4 is 70.8 Å². The fourth-order valence-electron chi connectivity index (χ4n) is 3.62. The summed E-state index contributed by atoms with van der Waals surface area (Å²) in [5, 5.41) is 8.28. The van der Waals surface area contributed by atoms with Gasteiger partial charge in [0.05, 0.1) is 31.6 Å². The molecule has 2 N–H and O–H groups in total. The lowest BCUT2D eigenvalue weighted by molar-refractivity contribution is 0.0973.